The van der Waals surface area contributed by atoms with Crippen LogP contribution in [-0.2, 0) is 12.1 Å². The molecule has 0 aromatic carbocycles. The molecule has 0 saturated heterocycles. The van der Waals surface area contributed by atoms with E-state index in [1.165, 1.54) is 5.69 Å². The summed E-state index contributed by atoms with van der Waals surface area (Å²) in [7, 11) is 0. The van der Waals surface area contributed by atoms with Crippen molar-refractivity contribution < 1.29 is 5.11 Å². The third-order valence-corrected chi connectivity index (χ3v) is 5.27. The van der Waals surface area contributed by atoms with Crippen LogP contribution in [0.5, 0.6) is 0 Å². The number of rotatable bonds is 8. The normalized spacial score (nSPS) is 15.0. The van der Waals surface area contributed by atoms with Crippen molar-refractivity contribution in [1.82, 2.24) is 20.4 Å². The number of nitrogens with zero attached hydrogens (tertiary/aromatic N) is 3. The van der Waals surface area contributed by atoms with Crippen molar-refractivity contribution in [3.63, 3.8) is 0 Å². The lowest BCUT2D eigenvalue weighted by atomic mass is 10.1. The van der Waals surface area contributed by atoms with Crippen molar-refractivity contribution in [3.8, 4) is 0 Å². The molecule has 0 aliphatic carbocycles. The van der Waals surface area contributed by atoms with Gasteiger partial charge in [0.25, 0.3) is 0 Å². The molecule has 2 heterocycles. The van der Waals surface area contributed by atoms with Gasteiger partial charge in [0.1, 0.15) is 5.60 Å². The smallest absolute Gasteiger partial charge is 0.191 e. The molecule has 3 N–H and O–H groups in total. The molecular formula is C19H32IN5OS. The molecule has 27 heavy (non-hydrogen) atoms. The lowest BCUT2D eigenvalue weighted by Gasteiger charge is -2.21. The Labute approximate surface area is 183 Å². The predicted molar refractivity (Wildman–Crippen MR) is 124 cm³/mol. The van der Waals surface area contributed by atoms with Gasteiger partial charge in [-0.3, -0.25) is 4.68 Å². The summed E-state index contributed by atoms with van der Waals surface area (Å²) in [4.78, 5) is 5.50. The Morgan fingerprint density at radius 3 is 2.70 bits per heavy atom. The maximum Gasteiger partial charge on any atom is 0.191 e. The SMILES string of the molecule is CCNC(=NCC(C)(O)c1cccs1)NCC(C)Cn1nc(C)cc1C.I. The minimum atomic E-state index is -0.953. The minimum absolute atomic E-state index is 0. The molecule has 0 aliphatic rings. The molecule has 152 valence electrons. The first-order valence-corrected chi connectivity index (χ1v) is 9.99. The zero-order valence-corrected chi connectivity index (χ0v) is 20.0. The molecule has 6 nitrogen and oxygen atoms in total. The Bertz CT molecular complexity index is 712. The highest BCUT2D eigenvalue weighted by Gasteiger charge is 2.24. The van der Waals surface area contributed by atoms with Crippen molar-refractivity contribution in [3.05, 3.63) is 39.8 Å². The molecule has 0 amide bonds. The molecule has 0 saturated carbocycles. The van der Waals surface area contributed by atoms with Crippen molar-refractivity contribution in [2.45, 2.75) is 46.8 Å². The van der Waals surface area contributed by atoms with Crippen molar-refractivity contribution in [2.75, 3.05) is 19.6 Å². The Hall–Kier alpha value is -1.13. The number of hydrogen-bond acceptors (Lipinski definition) is 4. The highest BCUT2D eigenvalue weighted by Crippen LogP contribution is 2.25. The van der Waals surface area contributed by atoms with Gasteiger partial charge >= 0.3 is 0 Å². The summed E-state index contributed by atoms with van der Waals surface area (Å²) in [5.74, 6) is 1.12. The number of hydrogen-bond donors (Lipinski definition) is 3. The molecule has 0 radical (unpaired) electrons. The van der Waals surface area contributed by atoms with E-state index in [0.717, 1.165) is 36.2 Å². The number of guanidine groups is 1. The van der Waals surface area contributed by atoms with Crippen LogP contribution in [0.15, 0.2) is 28.6 Å². The Morgan fingerprint density at radius 2 is 2.15 bits per heavy atom. The van der Waals surface area contributed by atoms with Gasteiger partial charge < -0.3 is 15.7 Å². The third-order valence-electron chi connectivity index (χ3n) is 4.15. The first-order chi connectivity index (χ1) is 12.3. The van der Waals surface area contributed by atoms with Gasteiger partial charge in [0.15, 0.2) is 5.96 Å². The van der Waals surface area contributed by atoms with Gasteiger partial charge in [0, 0.05) is 30.2 Å². The molecule has 2 aromatic rings. The highest BCUT2D eigenvalue weighted by atomic mass is 127. The summed E-state index contributed by atoms with van der Waals surface area (Å²) in [6.45, 7) is 12.9. The van der Waals surface area contributed by atoms with Crippen molar-refractivity contribution >= 4 is 41.3 Å². The predicted octanol–water partition coefficient (Wildman–Crippen LogP) is 3.28. The second-order valence-electron chi connectivity index (χ2n) is 7.04. The van der Waals surface area contributed by atoms with Crippen molar-refractivity contribution in [1.29, 1.82) is 0 Å². The second-order valence-corrected chi connectivity index (χ2v) is 7.99. The number of aromatic nitrogens is 2. The third kappa shape index (κ3) is 7.42. The number of nitrogens with one attached hydrogen (secondary N) is 2. The molecular weight excluding hydrogens is 473 g/mol. The second kappa shape index (κ2) is 11.0. The summed E-state index contributed by atoms with van der Waals surface area (Å²) in [6, 6.07) is 5.98. The van der Waals surface area contributed by atoms with E-state index in [1.54, 1.807) is 18.3 Å². The summed E-state index contributed by atoms with van der Waals surface area (Å²) >= 11 is 1.55. The first kappa shape index (κ1) is 23.9. The summed E-state index contributed by atoms with van der Waals surface area (Å²) in [5.41, 5.74) is 1.28. The standard InChI is InChI=1S/C19H31N5OS.HI/c1-6-20-18(22-13-19(5,25)17-8-7-9-26-17)21-11-14(2)12-24-16(4)10-15(3)23-24;/h7-10,14,25H,6,11-13H2,1-5H3,(H2,20,21,22);1H. The molecule has 0 aliphatic heterocycles. The Balaban J connectivity index is 0.00000364. The van der Waals surface area contributed by atoms with Crippen LogP contribution in [0, 0.1) is 19.8 Å². The molecule has 0 bridgehead atoms. The lowest BCUT2D eigenvalue weighted by Crippen LogP contribution is -2.41. The van der Waals surface area contributed by atoms with Gasteiger partial charge in [-0.25, -0.2) is 4.99 Å². The van der Waals surface area contributed by atoms with E-state index in [1.807, 2.05) is 36.0 Å². The van der Waals surface area contributed by atoms with E-state index in [9.17, 15) is 5.11 Å². The fraction of sp³-hybridized carbons (Fsp3) is 0.579. The molecule has 2 atom stereocenters. The van der Waals surface area contributed by atoms with E-state index in [2.05, 4.69) is 40.6 Å². The van der Waals surface area contributed by atoms with Crippen LogP contribution in [-0.4, -0.2) is 40.5 Å². The maximum atomic E-state index is 10.6. The minimum Gasteiger partial charge on any atom is -0.383 e. The van der Waals surface area contributed by atoms with E-state index in [0.29, 0.717) is 12.5 Å². The molecule has 2 unspecified atom stereocenters. The average molecular weight is 505 g/mol. The van der Waals surface area contributed by atoms with E-state index in [-0.39, 0.29) is 24.0 Å². The van der Waals surface area contributed by atoms with Gasteiger partial charge in [-0.2, -0.15) is 5.10 Å². The summed E-state index contributed by atoms with van der Waals surface area (Å²) in [6.07, 6.45) is 0. The van der Waals surface area contributed by atoms with Crippen LogP contribution < -0.4 is 10.6 Å². The van der Waals surface area contributed by atoms with Gasteiger partial charge in [-0.1, -0.05) is 13.0 Å². The van der Waals surface area contributed by atoms with Gasteiger partial charge in [-0.15, -0.1) is 35.3 Å². The molecule has 2 aromatic heterocycles. The number of aliphatic hydroxyl groups is 1. The summed E-state index contributed by atoms with van der Waals surface area (Å²) in [5, 5.41) is 23.7. The lowest BCUT2D eigenvalue weighted by molar-refractivity contribution is 0.0711. The van der Waals surface area contributed by atoms with Crippen LogP contribution in [0.4, 0.5) is 0 Å². The molecule has 8 heteroatoms. The number of thiophene rings is 1. The molecule has 2 rings (SSSR count). The van der Waals surface area contributed by atoms with Crippen molar-refractivity contribution in [2.24, 2.45) is 10.9 Å². The Morgan fingerprint density at radius 1 is 1.41 bits per heavy atom. The quantitative estimate of drug-likeness (QED) is 0.293. The van der Waals surface area contributed by atoms with Crippen LogP contribution in [0.25, 0.3) is 0 Å². The molecule has 0 fully saturated rings. The van der Waals surface area contributed by atoms with Gasteiger partial charge in [0.05, 0.1) is 12.2 Å². The van der Waals surface area contributed by atoms with E-state index < -0.39 is 5.60 Å². The van der Waals surface area contributed by atoms with Crippen LogP contribution in [0.2, 0.25) is 0 Å². The zero-order valence-electron chi connectivity index (χ0n) is 16.8. The monoisotopic (exact) mass is 505 g/mol. The van der Waals surface area contributed by atoms with Crippen LogP contribution in [0.1, 0.15) is 37.0 Å². The largest absolute Gasteiger partial charge is 0.383 e. The van der Waals surface area contributed by atoms with E-state index in [4.69, 9.17) is 0 Å². The zero-order chi connectivity index (χ0) is 19.2. The summed E-state index contributed by atoms with van der Waals surface area (Å²) < 4.78 is 2.05. The van der Waals surface area contributed by atoms with Gasteiger partial charge in [0.2, 0.25) is 0 Å². The first-order valence-electron chi connectivity index (χ1n) is 9.11. The fourth-order valence-electron chi connectivity index (χ4n) is 2.73. The topological polar surface area (TPSA) is 74.5 Å². The number of halogens is 1. The van der Waals surface area contributed by atoms with Crippen LogP contribution in [0.3, 0.4) is 0 Å². The number of aryl methyl sites for hydroxylation is 2. The van der Waals surface area contributed by atoms with E-state index >= 15 is 0 Å². The fourth-order valence-corrected chi connectivity index (χ4v) is 3.51. The average Bonchev–Trinajstić information content (AvgIpc) is 3.21. The highest BCUT2D eigenvalue weighted by molar-refractivity contribution is 14.0. The van der Waals surface area contributed by atoms with Crippen LogP contribution >= 0.6 is 35.3 Å². The maximum absolute atomic E-state index is 10.6. The Kier molecular flexibility index (Phi) is 9.75. The molecule has 0 spiro atoms. The van der Waals surface area contributed by atoms with Gasteiger partial charge in [-0.05, 0) is 51.1 Å². The number of aliphatic imine (C=N–C) groups is 1.